The van der Waals surface area contributed by atoms with E-state index in [1.807, 2.05) is 0 Å². The lowest BCUT2D eigenvalue weighted by molar-refractivity contribution is -0.212. The maximum absolute atomic E-state index is 12.5. The van der Waals surface area contributed by atoms with Crippen LogP contribution < -0.4 is 33.1 Å². The van der Waals surface area contributed by atoms with E-state index >= 15 is 0 Å². The third-order valence-corrected chi connectivity index (χ3v) is 4.51. The van der Waals surface area contributed by atoms with Crippen molar-refractivity contribution in [1.29, 1.82) is 0 Å². The number of amides is 3. The number of nitrogens with zero attached hydrogens (tertiary/aromatic N) is 2. The topological polar surface area (TPSA) is 276 Å². The van der Waals surface area contributed by atoms with Gasteiger partial charge < -0.3 is 53.0 Å². The highest BCUT2D eigenvalue weighted by molar-refractivity contribution is 5.89. The standard InChI is InChI=1S/C16H25N7O8.H2O/c1-19-4-8(25)20-6(5-24)14(29)22-9-10(26)11(27)15(31-12(9)13(18)28)23-3-2-7(17)21-16(23)30;/h2-3,6,9-12,15,19,24,26-27H,4-5H2,1H3,(H2,18,28)(H,20,25)(H,22,29)(H2,17,21,30);1H2/t6-,9+,10+,11-,12+,15-;/m1./s1. The molecule has 0 aliphatic carbocycles. The Bertz CT molecular complexity index is 880. The molecule has 3 amide bonds. The fourth-order valence-electron chi connectivity index (χ4n) is 3.00. The van der Waals surface area contributed by atoms with E-state index in [1.54, 1.807) is 0 Å². The maximum Gasteiger partial charge on any atom is 0.351 e. The Labute approximate surface area is 180 Å². The number of anilines is 1. The minimum Gasteiger partial charge on any atom is -0.412 e. The van der Waals surface area contributed by atoms with Crippen LogP contribution in [-0.4, -0.2) is 98.7 Å². The highest BCUT2D eigenvalue weighted by Crippen LogP contribution is 2.27. The molecular formula is C16H27N7O9. The van der Waals surface area contributed by atoms with Gasteiger partial charge in [0.1, 0.15) is 24.1 Å². The first-order valence-electron chi connectivity index (χ1n) is 9.11. The molecule has 0 saturated carbocycles. The van der Waals surface area contributed by atoms with Crippen LogP contribution in [0.25, 0.3) is 0 Å². The van der Waals surface area contributed by atoms with Crippen molar-refractivity contribution in [3.63, 3.8) is 0 Å². The summed E-state index contributed by atoms with van der Waals surface area (Å²) in [7, 11) is 1.50. The maximum atomic E-state index is 12.5. The van der Waals surface area contributed by atoms with Crippen LogP contribution in [0.5, 0.6) is 0 Å². The Hall–Kier alpha value is -3.15. The molecule has 6 atom stereocenters. The Morgan fingerprint density at radius 2 is 1.97 bits per heavy atom. The van der Waals surface area contributed by atoms with Crippen molar-refractivity contribution in [3.8, 4) is 0 Å². The van der Waals surface area contributed by atoms with Crippen molar-refractivity contribution in [2.45, 2.75) is 36.6 Å². The van der Waals surface area contributed by atoms with Gasteiger partial charge in [0.05, 0.1) is 19.2 Å². The average molecular weight is 461 g/mol. The Morgan fingerprint density at radius 1 is 1.31 bits per heavy atom. The van der Waals surface area contributed by atoms with Crippen LogP contribution in [-0.2, 0) is 19.1 Å². The summed E-state index contributed by atoms with van der Waals surface area (Å²) >= 11 is 0. The number of aliphatic hydroxyl groups is 3. The number of nitrogen functional groups attached to an aromatic ring is 1. The molecule has 0 bridgehead atoms. The van der Waals surface area contributed by atoms with Crippen molar-refractivity contribution in [1.82, 2.24) is 25.5 Å². The number of likely N-dealkylation sites (N-methyl/N-ethyl adjacent to an activating group) is 1. The highest BCUT2D eigenvalue weighted by Gasteiger charge is 2.49. The van der Waals surface area contributed by atoms with Crippen LogP contribution in [0.2, 0.25) is 0 Å². The van der Waals surface area contributed by atoms with Crippen LogP contribution in [0, 0.1) is 0 Å². The number of rotatable bonds is 8. The van der Waals surface area contributed by atoms with Gasteiger partial charge in [-0.25, -0.2) is 4.79 Å². The number of nitrogens with one attached hydrogen (secondary N) is 3. The third kappa shape index (κ3) is 5.96. The second kappa shape index (κ2) is 11.5. The molecule has 32 heavy (non-hydrogen) atoms. The largest absolute Gasteiger partial charge is 0.412 e. The summed E-state index contributed by atoms with van der Waals surface area (Å²) in [6.07, 6.45) is -5.72. The average Bonchev–Trinajstić information content (AvgIpc) is 2.70. The molecule has 16 heteroatoms. The molecule has 0 aromatic carbocycles. The first-order chi connectivity index (χ1) is 14.6. The Morgan fingerprint density at radius 3 is 2.50 bits per heavy atom. The van der Waals surface area contributed by atoms with Gasteiger partial charge in [-0.2, -0.15) is 4.98 Å². The van der Waals surface area contributed by atoms with Gasteiger partial charge in [0, 0.05) is 6.20 Å². The molecule has 1 aromatic rings. The molecule has 0 spiro atoms. The van der Waals surface area contributed by atoms with Gasteiger partial charge in [-0.15, -0.1) is 0 Å². The SMILES string of the molecule is CNCC(=O)N[C@H](CO)C(=O)N[C@H]1[C@H](O)[C@@H](O)[C@H](n2ccc(N)nc2=O)O[C@@H]1C(N)=O.O. The molecule has 2 heterocycles. The summed E-state index contributed by atoms with van der Waals surface area (Å²) < 4.78 is 6.21. The second-order valence-electron chi connectivity index (χ2n) is 6.74. The number of ether oxygens (including phenoxy) is 1. The lowest BCUT2D eigenvalue weighted by Gasteiger charge is -2.42. The predicted octanol–water partition coefficient (Wildman–Crippen LogP) is -6.71. The molecule has 0 radical (unpaired) electrons. The normalized spacial score (nSPS) is 25.8. The number of nitrogens with two attached hydrogens (primary N) is 2. The molecule has 12 N–H and O–H groups in total. The number of carbonyl (C=O) groups excluding carboxylic acids is 3. The van der Waals surface area contributed by atoms with E-state index in [0.29, 0.717) is 0 Å². The van der Waals surface area contributed by atoms with Gasteiger partial charge in [-0.05, 0) is 13.1 Å². The smallest absolute Gasteiger partial charge is 0.351 e. The number of carbonyl (C=O) groups is 3. The van der Waals surface area contributed by atoms with Crippen LogP contribution in [0.1, 0.15) is 6.23 Å². The number of hydrogen-bond donors (Lipinski definition) is 8. The van der Waals surface area contributed by atoms with E-state index < -0.39 is 66.6 Å². The predicted molar refractivity (Wildman–Crippen MR) is 107 cm³/mol. The zero-order valence-electron chi connectivity index (χ0n) is 17.0. The molecule has 1 fully saturated rings. The first-order valence-corrected chi connectivity index (χ1v) is 9.11. The Kier molecular flexibility index (Phi) is 9.63. The molecule has 1 saturated heterocycles. The molecule has 180 valence electrons. The van der Waals surface area contributed by atoms with Gasteiger partial charge in [0.15, 0.2) is 12.3 Å². The number of primary amides is 1. The van der Waals surface area contributed by atoms with Crippen LogP contribution in [0.4, 0.5) is 5.82 Å². The monoisotopic (exact) mass is 461 g/mol. The quantitative estimate of drug-likeness (QED) is 0.180. The summed E-state index contributed by atoms with van der Waals surface area (Å²) in [4.78, 5) is 51.6. The molecule has 0 unspecified atom stereocenters. The summed E-state index contributed by atoms with van der Waals surface area (Å²) in [5.74, 6) is -2.78. The van der Waals surface area contributed by atoms with E-state index in [4.69, 9.17) is 16.2 Å². The van der Waals surface area contributed by atoms with E-state index in [2.05, 4.69) is 20.9 Å². The van der Waals surface area contributed by atoms with E-state index in [1.165, 1.54) is 13.1 Å². The van der Waals surface area contributed by atoms with E-state index in [-0.39, 0.29) is 17.8 Å². The Balaban J connectivity index is 0.00000512. The van der Waals surface area contributed by atoms with E-state index in [0.717, 1.165) is 10.8 Å². The van der Waals surface area contributed by atoms with Crippen molar-refractivity contribution >= 4 is 23.5 Å². The van der Waals surface area contributed by atoms with Crippen LogP contribution in [0.3, 0.4) is 0 Å². The van der Waals surface area contributed by atoms with Crippen molar-refractivity contribution < 1.29 is 39.9 Å². The van der Waals surface area contributed by atoms with Gasteiger partial charge in [-0.1, -0.05) is 0 Å². The molecular weight excluding hydrogens is 434 g/mol. The minimum absolute atomic E-state index is 0. The molecule has 2 rings (SSSR count). The number of aliphatic hydroxyl groups excluding tert-OH is 3. The second-order valence-corrected chi connectivity index (χ2v) is 6.74. The lowest BCUT2D eigenvalue weighted by atomic mass is 9.94. The summed E-state index contributed by atoms with van der Waals surface area (Å²) in [6.45, 7) is -0.919. The third-order valence-electron chi connectivity index (χ3n) is 4.51. The van der Waals surface area contributed by atoms with Gasteiger partial charge >= 0.3 is 5.69 Å². The number of hydrogen-bond acceptors (Lipinski definition) is 11. The summed E-state index contributed by atoms with van der Waals surface area (Å²) in [5, 5.41) is 37.4. The van der Waals surface area contributed by atoms with Gasteiger partial charge in [0.2, 0.25) is 17.7 Å². The number of aromatic nitrogens is 2. The molecule has 16 nitrogen and oxygen atoms in total. The van der Waals surface area contributed by atoms with Crippen molar-refractivity contribution in [2.24, 2.45) is 5.73 Å². The van der Waals surface area contributed by atoms with Crippen molar-refractivity contribution in [2.75, 3.05) is 25.9 Å². The molecule has 1 aromatic heterocycles. The van der Waals surface area contributed by atoms with Crippen molar-refractivity contribution in [3.05, 3.63) is 22.7 Å². The fraction of sp³-hybridized carbons (Fsp3) is 0.562. The van der Waals surface area contributed by atoms with Crippen LogP contribution >= 0.6 is 0 Å². The molecule has 1 aliphatic heterocycles. The molecule has 1 aliphatic rings. The summed E-state index contributed by atoms with van der Waals surface area (Å²) in [5.41, 5.74) is 9.81. The van der Waals surface area contributed by atoms with Crippen LogP contribution in [0.15, 0.2) is 17.1 Å². The zero-order chi connectivity index (χ0) is 23.3. The van der Waals surface area contributed by atoms with E-state index in [9.17, 15) is 34.5 Å². The highest BCUT2D eigenvalue weighted by atomic mass is 16.5. The zero-order valence-corrected chi connectivity index (χ0v) is 17.0. The first kappa shape index (κ1) is 26.9. The fourth-order valence-corrected chi connectivity index (χ4v) is 3.00. The lowest BCUT2D eigenvalue weighted by Crippen LogP contribution is -2.67. The van der Waals surface area contributed by atoms with Gasteiger partial charge in [0.25, 0.3) is 0 Å². The minimum atomic E-state index is -1.82. The summed E-state index contributed by atoms with van der Waals surface area (Å²) in [6, 6.07) is -1.74. The van der Waals surface area contributed by atoms with Gasteiger partial charge in [-0.3, -0.25) is 19.0 Å².